The maximum Gasteiger partial charge on any atom is 0.0688 e. The van der Waals surface area contributed by atoms with Gasteiger partial charge in [-0.3, -0.25) is 0 Å². The van der Waals surface area contributed by atoms with Crippen molar-refractivity contribution in [1.29, 1.82) is 0 Å². The van der Waals surface area contributed by atoms with Crippen LogP contribution in [0, 0.1) is 29.1 Å². The van der Waals surface area contributed by atoms with Gasteiger partial charge in [-0.2, -0.15) is 0 Å². The number of rotatable bonds is 4. The normalized spacial score (nSPS) is 29.2. The van der Waals surface area contributed by atoms with Gasteiger partial charge in [-0.1, -0.05) is 55.4 Å². The van der Waals surface area contributed by atoms with Gasteiger partial charge in [-0.15, -0.1) is 0 Å². The van der Waals surface area contributed by atoms with E-state index in [0.29, 0.717) is 41.3 Å². The molecule has 0 aromatic heterocycles. The zero-order valence-corrected chi connectivity index (χ0v) is 12.4. The summed E-state index contributed by atoms with van der Waals surface area (Å²) in [5.41, 5.74) is 0.377. The van der Waals surface area contributed by atoms with E-state index in [2.05, 4.69) is 55.4 Å². The van der Waals surface area contributed by atoms with Gasteiger partial charge in [0.25, 0.3) is 0 Å². The Balaban J connectivity index is 3.05. The Labute approximate surface area is 102 Å². The molecule has 0 bridgehead atoms. The molecule has 0 saturated carbocycles. The fourth-order valence-electron chi connectivity index (χ4n) is 3.93. The molecule has 1 rings (SSSR count). The van der Waals surface area contributed by atoms with Crippen LogP contribution < -0.4 is 0 Å². The molecule has 2 atom stereocenters. The van der Waals surface area contributed by atoms with Crippen molar-refractivity contribution < 1.29 is 4.74 Å². The van der Waals surface area contributed by atoms with Gasteiger partial charge in [0, 0.05) is 5.41 Å². The molecule has 0 aromatic rings. The van der Waals surface area contributed by atoms with Crippen molar-refractivity contribution in [3.63, 3.8) is 0 Å². The third-order valence-corrected chi connectivity index (χ3v) is 4.49. The first kappa shape index (κ1) is 14.0. The summed E-state index contributed by atoms with van der Waals surface area (Å²) in [6, 6.07) is 0. The SMILES string of the molecule is CC(C)C1OC(C(C)C)C1(C(C)C)C(C)C. The minimum Gasteiger partial charge on any atom is -0.373 e. The molecule has 0 amide bonds. The first-order valence-electron chi connectivity index (χ1n) is 6.91. The largest absolute Gasteiger partial charge is 0.373 e. The van der Waals surface area contributed by atoms with Crippen molar-refractivity contribution in [1.82, 2.24) is 0 Å². The summed E-state index contributed by atoms with van der Waals surface area (Å²) in [6.07, 6.45) is 0.889. The van der Waals surface area contributed by atoms with Crippen LogP contribution in [-0.4, -0.2) is 12.2 Å². The molecule has 1 nitrogen and oxygen atoms in total. The van der Waals surface area contributed by atoms with E-state index < -0.39 is 0 Å². The fraction of sp³-hybridized carbons (Fsp3) is 1.00. The van der Waals surface area contributed by atoms with E-state index in [1.54, 1.807) is 0 Å². The topological polar surface area (TPSA) is 9.23 Å². The van der Waals surface area contributed by atoms with Crippen LogP contribution >= 0.6 is 0 Å². The molecule has 2 unspecified atom stereocenters. The second-order valence-electron chi connectivity index (χ2n) is 6.77. The van der Waals surface area contributed by atoms with Crippen LogP contribution in [0.15, 0.2) is 0 Å². The van der Waals surface area contributed by atoms with Crippen molar-refractivity contribution >= 4 is 0 Å². The molecule has 1 aliphatic heterocycles. The molecule has 0 aromatic carbocycles. The lowest BCUT2D eigenvalue weighted by Crippen LogP contribution is -2.68. The summed E-state index contributed by atoms with van der Waals surface area (Å²) in [4.78, 5) is 0. The lowest BCUT2D eigenvalue weighted by Gasteiger charge is -2.63. The molecule has 0 N–H and O–H groups in total. The van der Waals surface area contributed by atoms with E-state index in [-0.39, 0.29) is 0 Å². The maximum absolute atomic E-state index is 6.20. The smallest absolute Gasteiger partial charge is 0.0688 e. The second kappa shape index (κ2) is 4.68. The number of hydrogen-bond acceptors (Lipinski definition) is 1. The molecule has 1 fully saturated rings. The quantitative estimate of drug-likeness (QED) is 0.692. The highest BCUT2D eigenvalue weighted by Gasteiger charge is 2.61. The van der Waals surface area contributed by atoms with Crippen LogP contribution in [0.4, 0.5) is 0 Å². The molecule has 96 valence electrons. The summed E-state index contributed by atoms with van der Waals surface area (Å²) >= 11 is 0. The lowest BCUT2D eigenvalue weighted by molar-refractivity contribution is -0.315. The summed E-state index contributed by atoms with van der Waals surface area (Å²) in [6.45, 7) is 18.6. The van der Waals surface area contributed by atoms with Crippen LogP contribution in [0.25, 0.3) is 0 Å². The summed E-state index contributed by atoms with van der Waals surface area (Å²) < 4.78 is 6.20. The van der Waals surface area contributed by atoms with E-state index in [0.717, 1.165) is 0 Å². The van der Waals surface area contributed by atoms with E-state index in [1.807, 2.05) is 0 Å². The van der Waals surface area contributed by atoms with Crippen LogP contribution in [0.1, 0.15) is 55.4 Å². The monoisotopic (exact) mass is 226 g/mol. The first-order chi connectivity index (χ1) is 7.26. The van der Waals surface area contributed by atoms with Crippen LogP contribution in [0.3, 0.4) is 0 Å². The van der Waals surface area contributed by atoms with Crippen molar-refractivity contribution in [2.45, 2.75) is 67.6 Å². The molecule has 16 heavy (non-hydrogen) atoms. The Hall–Kier alpha value is -0.0400. The molecular formula is C15H30O. The van der Waals surface area contributed by atoms with E-state index in [9.17, 15) is 0 Å². The van der Waals surface area contributed by atoms with E-state index >= 15 is 0 Å². The Kier molecular flexibility index (Phi) is 4.10. The predicted molar refractivity (Wildman–Crippen MR) is 70.4 cm³/mol. The second-order valence-corrected chi connectivity index (χ2v) is 6.77. The fourth-order valence-corrected chi connectivity index (χ4v) is 3.93. The van der Waals surface area contributed by atoms with Crippen molar-refractivity contribution in [3.8, 4) is 0 Å². The molecule has 1 aliphatic rings. The zero-order chi connectivity index (χ0) is 12.7. The van der Waals surface area contributed by atoms with Crippen molar-refractivity contribution in [2.75, 3.05) is 0 Å². The molecule has 0 aliphatic carbocycles. The Morgan fingerprint density at radius 3 is 1.19 bits per heavy atom. The van der Waals surface area contributed by atoms with Crippen LogP contribution in [0.2, 0.25) is 0 Å². The molecule has 1 saturated heterocycles. The minimum atomic E-state index is 0.377. The van der Waals surface area contributed by atoms with Crippen LogP contribution in [0.5, 0.6) is 0 Å². The Morgan fingerprint density at radius 1 is 0.688 bits per heavy atom. The van der Waals surface area contributed by atoms with Gasteiger partial charge >= 0.3 is 0 Å². The molecule has 0 radical (unpaired) electrons. The molecular weight excluding hydrogens is 196 g/mol. The van der Waals surface area contributed by atoms with Gasteiger partial charge in [0.15, 0.2) is 0 Å². The summed E-state index contributed by atoms with van der Waals surface area (Å²) in [7, 11) is 0. The average Bonchev–Trinajstić information content (AvgIpc) is 1.97. The number of hydrogen-bond donors (Lipinski definition) is 0. The van der Waals surface area contributed by atoms with Gasteiger partial charge < -0.3 is 4.74 Å². The van der Waals surface area contributed by atoms with Crippen LogP contribution in [-0.2, 0) is 4.74 Å². The third-order valence-electron chi connectivity index (χ3n) is 4.49. The molecule has 1 heterocycles. The Bertz CT molecular complexity index is 204. The van der Waals surface area contributed by atoms with E-state index in [1.165, 1.54) is 0 Å². The Morgan fingerprint density at radius 2 is 1.00 bits per heavy atom. The summed E-state index contributed by atoms with van der Waals surface area (Å²) in [5, 5.41) is 0. The van der Waals surface area contributed by atoms with Gasteiger partial charge in [0.1, 0.15) is 0 Å². The van der Waals surface area contributed by atoms with Gasteiger partial charge in [0.05, 0.1) is 12.2 Å². The lowest BCUT2D eigenvalue weighted by atomic mass is 9.54. The average molecular weight is 226 g/mol. The van der Waals surface area contributed by atoms with Gasteiger partial charge in [-0.25, -0.2) is 0 Å². The van der Waals surface area contributed by atoms with Gasteiger partial charge in [-0.05, 0) is 23.7 Å². The highest BCUT2D eigenvalue weighted by Crippen LogP contribution is 2.57. The number of ether oxygens (including phenoxy) is 1. The molecule has 0 spiro atoms. The zero-order valence-electron chi connectivity index (χ0n) is 12.4. The van der Waals surface area contributed by atoms with Gasteiger partial charge in [0.2, 0.25) is 0 Å². The van der Waals surface area contributed by atoms with E-state index in [4.69, 9.17) is 4.74 Å². The highest BCUT2D eigenvalue weighted by atomic mass is 16.5. The third kappa shape index (κ3) is 1.81. The summed E-state index contributed by atoms with van der Waals surface area (Å²) in [5.74, 6) is 2.64. The van der Waals surface area contributed by atoms with Crippen molar-refractivity contribution in [2.24, 2.45) is 29.1 Å². The predicted octanol–water partition coefficient (Wildman–Crippen LogP) is 4.36. The highest BCUT2D eigenvalue weighted by molar-refractivity contribution is 5.07. The van der Waals surface area contributed by atoms with Crippen molar-refractivity contribution in [3.05, 3.63) is 0 Å². The molecule has 1 heteroatoms. The first-order valence-corrected chi connectivity index (χ1v) is 6.91. The standard InChI is InChI=1S/C15H30O/c1-9(2)13-15(11(5)6,12(7)8)14(16-13)10(3)4/h9-14H,1-8H3. The minimum absolute atomic E-state index is 0.377. The maximum atomic E-state index is 6.20.